The molecule has 0 saturated heterocycles. The van der Waals surface area contributed by atoms with E-state index in [1.165, 1.54) is 17.5 Å². The molecule has 0 atom stereocenters. The third-order valence-corrected chi connectivity index (χ3v) is 6.33. The molecular formula is C23H24N6O3S. The Hall–Kier alpha value is -3.79. The second-order valence-electron chi connectivity index (χ2n) is 8.54. The average Bonchev–Trinajstić information content (AvgIpc) is 3.36. The van der Waals surface area contributed by atoms with Crippen LogP contribution < -0.4 is 10.6 Å². The van der Waals surface area contributed by atoms with Crippen molar-refractivity contribution in [3.63, 3.8) is 0 Å². The number of nitrogens with zero attached hydrogens (tertiary/aromatic N) is 4. The van der Waals surface area contributed by atoms with Crippen LogP contribution in [0, 0.1) is 13.8 Å². The first-order valence-electron chi connectivity index (χ1n) is 10.3. The molecule has 0 unspecified atom stereocenters. The topological polar surface area (TPSA) is 126 Å². The first-order valence-corrected chi connectivity index (χ1v) is 11.1. The van der Waals surface area contributed by atoms with Crippen LogP contribution in [0.3, 0.4) is 0 Å². The van der Waals surface area contributed by atoms with Gasteiger partial charge in [-0.05, 0) is 29.9 Å². The Morgan fingerprint density at radius 2 is 1.97 bits per heavy atom. The minimum absolute atomic E-state index is 0.0801. The first kappa shape index (κ1) is 22.4. The van der Waals surface area contributed by atoms with Crippen LogP contribution in [0.1, 0.15) is 37.2 Å². The molecule has 3 aromatic heterocycles. The lowest BCUT2D eigenvalue weighted by molar-refractivity contribution is -0.115. The Morgan fingerprint density at radius 3 is 2.64 bits per heavy atom. The van der Waals surface area contributed by atoms with Gasteiger partial charge in [0.15, 0.2) is 10.9 Å². The van der Waals surface area contributed by atoms with Crippen LogP contribution in [-0.2, 0) is 10.2 Å². The van der Waals surface area contributed by atoms with Crippen molar-refractivity contribution < 1.29 is 14.4 Å². The number of aromatic nitrogens is 4. The maximum Gasteiger partial charge on any atom is 0.293 e. The van der Waals surface area contributed by atoms with Crippen molar-refractivity contribution in [2.24, 2.45) is 0 Å². The number of carbonyl (C=O) groups excluding carboxylic acids is 1. The summed E-state index contributed by atoms with van der Waals surface area (Å²) < 4.78 is 5.06. The molecule has 3 N–H and O–H groups in total. The first-order chi connectivity index (χ1) is 15.6. The van der Waals surface area contributed by atoms with Gasteiger partial charge in [-0.1, -0.05) is 38.1 Å². The molecule has 0 aliphatic rings. The SMILES string of the molecule is Cc1nc(-c2ccc3ccnc(NC=C(O)C(=O)Nc4nc(C)c(C(C)(C)C)s4)c3c2)no1. The largest absolute Gasteiger partial charge is 0.502 e. The number of rotatable bonds is 5. The molecule has 0 radical (unpaired) electrons. The minimum Gasteiger partial charge on any atom is -0.502 e. The number of carbonyl (C=O) groups is 1. The number of nitrogens with one attached hydrogen (secondary N) is 2. The number of amides is 1. The zero-order valence-corrected chi connectivity index (χ0v) is 19.7. The number of fused-ring (bicyclic) bond motifs is 1. The van der Waals surface area contributed by atoms with Gasteiger partial charge >= 0.3 is 0 Å². The van der Waals surface area contributed by atoms with Crippen LogP contribution in [0.4, 0.5) is 10.9 Å². The molecule has 4 aromatic rings. The molecule has 0 aliphatic carbocycles. The molecule has 3 heterocycles. The Bertz CT molecular complexity index is 1370. The highest BCUT2D eigenvalue weighted by molar-refractivity contribution is 7.16. The van der Waals surface area contributed by atoms with E-state index >= 15 is 0 Å². The van der Waals surface area contributed by atoms with Crippen LogP contribution in [0.15, 0.2) is 46.9 Å². The highest BCUT2D eigenvalue weighted by Gasteiger charge is 2.22. The van der Waals surface area contributed by atoms with Crippen LogP contribution >= 0.6 is 11.3 Å². The monoisotopic (exact) mass is 464 g/mol. The summed E-state index contributed by atoms with van der Waals surface area (Å²) in [5.41, 5.74) is 1.54. The molecule has 0 spiro atoms. The molecule has 0 bridgehead atoms. The lowest BCUT2D eigenvalue weighted by Crippen LogP contribution is -2.15. The van der Waals surface area contributed by atoms with E-state index in [0.29, 0.717) is 22.7 Å². The van der Waals surface area contributed by atoms with E-state index < -0.39 is 11.7 Å². The van der Waals surface area contributed by atoms with E-state index in [2.05, 4.69) is 51.5 Å². The summed E-state index contributed by atoms with van der Waals surface area (Å²) in [4.78, 5) is 26.5. The average molecular weight is 465 g/mol. The van der Waals surface area contributed by atoms with E-state index in [1.54, 1.807) is 13.1 Å². The summed E-state index contributed by atoms with van der Waals surface area (Å²) in [7, 11) is 0. The van der Waals surface area contributed by atoms with Crippen LogP contribution in [0.2, 0.25) is 0 Å². The highest BCUT2D eigenvalue weighted by Crippen LogP contribution is 2.33. The summed E-state index contributed by atoms with van der Waals surface area (Å²) in [5.74, 6) is 0.242. The number of aliphatic hydroxyl groups is 1. The predicted octanol–water partition coefficient (Wildman–Crippen LogP) is 5.11. The van der Waals surface area contributed by atoms with E-state index in [1.807, 2.05) is 31.2 Å². The zero-order valence-electron chi connectivity index (χ0n) is 18.9. The van der Waals surface area contributed by atoms with Gasteiger partial charge in [-0.25, -0.2) is 9.97 Å². The number of aryl methyl sites for hydroxylation is 2. The lowest BCUT2D eigenvalue weighted by atomic mass is 9.94. The fourth-order valence-corrected chi connectivity index (χ4v) is 4.37. The fourth-order valence-electron chi connectivity index (χ4n) is 3.35. The molecule has 0 fully saturated rings. The molecule has 0 aliphatic heterocycles. The lowest BCUT2D eigenvalue weighted by Gasteiger charge is -2.16. The number of hydrogen-bond donors (Lipinski definition) is 3. The highest BCUT2D eigenvalue weighted by atomic mass is 32.1. The third kappa shape index (κ3) is 4.85. The van der Waals surface area contributed by atoms with Crippen molar-refractivity contribution in [1.82, 2.24) is 20.1 Å². The number of aliphatic hydroxyl groups excluding tert-OH is 1. The van der Waals surface area contributed by atoms with E-state index in [9.17, 15) is 9.90 Å². The van der Waals surface area contributed by atoms with Crippen molar-refractivity contribution in [3.05, 3.63) is 58.9 Å². The van der Waals surface area contributed by atoms with E-state index in [4.69, 9.17) is 4.52 Å². The maximum absolute atomic E-state index is 12.5. The van der Waals surface area contributed by atoms with Crippen LogP contribution in [0.5, 0.6) is 0 Å². The Balaban J connectivity index is 1.54. The predicted molar refractivity (Wildman–Crippen MR) is 128 cm³/mol. The summed E-state index contributed by atoms with van der Waals surface area (Å²) in [5, 5.41) is 21.9. The molecule has 9 nitrogen and oxygen atoms in total. The molecule has 10 heteroatoms. The van der Waals surface area contributed by atoms with Crippen molar-refractivity contribution in [1.29, 1.82) is 0 Å². The van der Waals surface area contributed by atoms with Gasteiger partial charge in [-0.3, -0.25) is 10.1 Å². The summed E-state index contributed by atoms with van der Waals surface area (Å²) >= 11 is 1.40. The molecule has 170 valence electrons. The normalized spacial score (nSPS) is 12.2. The van der Waals surface area contributed by atoms with Crippen molar-refractivity contribution in [2.75, 3.05) is 10.6 Å². The summed E-state index contributed by atoms with van der Waals surface area (Å²) in [6, 6.07) is 7.53. The molecule has 1 amide bonds. The standard InChI is InChI=1S/C23H24N6O3S/c1-12-18(23(3,4)5)33-22(26-12)28-21(31)17(30)11-25-20-16-10-15(19-27-13(2)32-29-19)7-6-14(16)8-9-24-20/h6-11,30H,1-5H3,(H,24,25)(H,26,28,31). The molecule has 33 heavy (non-hydrogen) atoms. The Kier molecular flexibility index (Phi) is 5.86. The van der Waals surface area contributed by atoms with Gasteiger partial charge in [-0.15, -0.1) is 11.3 Å². The molecular weight excluding hydrogens is 440 g/mol. The maximum atomic E-state index is 12.5. The van der Waals surface area contributed by atoms with Crippen molar-refractivity contribution in [2.45, 2.75) is 40.0 Å². The molecule has 0 saturated carbocycles. The Morgan fingerprint density at radius 1 is 1.18 bits per heavy atom. The smallest absolute Gasteiger partial charge is 0.293 e. The third-order valence-electron chi connectivity index (χ3n) is 4.83. The number of hydrogen-bond acceptors (Lipinski definition) is 9. The summed E-state index contributed by atoms with van der Waals surface area (Å²) in [6.07, 6.45) is 2.84. The second-order valence-corrected chi connectivity index (χ2v) is 9.54. The van der Waals surface area contributed by atoms with Gasteiger partial charge in [0.25, 0.3) is 5.91 Å². The fraction of sp³-hybridized carbons (Fsp3) is 0.261. The van der Waals surface area contributed by atoms with Gasteiger partial charge in [0.05, 0.1) is 11.9 Å². The number of thiazole rings is 1. The minimum atomic E-state index is -0.667. The van der Waals surface area contributed by atoms with Gasteiger partial charge in [0.1, 0.15) is 5.82 Å². The van der Waals surface area contributed by atoms with Crippen LogP contribution in [-0.4, -0.2) is 31.1 Å². The van der Waals surface area contributed by atoms with Crippen molar-refractivity contribution in [3.8, 4) is 11.4 Å². The van der Waals surface area contributed by atoms with Gasteiger partial charge in [0.2, 0.25) is 11.7 Å². The molecule has 4 rings (SSSR count). The van der Waals surface area contributed by atoms with Gasteiger partial charge < -0.3 is 14.9 Å². The Labute approximate surface area is 194 Å². The van der Waals surface area contributed by atoms with Crippen LogP contribution in [0.25, 0.3) is 22.2 Å². The zero-order chi connectivity index (χ0) is 23.8. The number of anilines is 2. The van der Waals surface area contributed by atoms with Gasteiger partial charge in [-0.2, -0.15) is 4.98 Å². The van der Waals surface area contributed by atoms with Gasteiger partial charge in [0, 0.05) is 28.9 Å². The number of benzene rings is 1. The second kappa shape index (κ2) is 8.62. The number of pyridine rings is 1. The quantitative estimate of drug-likeness (QED) is 0.275. The van der Waals surface area contributed by atoms with Crippen molar-refractivity contribution >= 4 is 39.0 Å². The molecule has 1 aromatic carbocycles. The van der Waals surface area contributed by atoms with E-state index in [-0.39, 0.29) is 5.41 Å². The van der Waals surface area contributed by atoms with E-state index in [0.717, 1.165) is 26.9 Å². The summed E-state index contributed by atoms with van der Waals surface area (Å²) in [6.45, 7) is 9.89.